The quantitative estimate of drug-likeness (QED) is 0.218. The molecule has 0 bridgehead atoms. The van der Waals surface area contributed by atoms with Gasteiger partial charge in [0.2, 0.25) is 5.82 Å². The van der Waals surface area contributed by atoms with E-state index in [0.29, 0.717) is 12.1 Å². The normalized spacial score (nSPS) is 16.0. The Bertz CT molecular complexity index is 1440. The average molecular weight is 486 g/mol. The van der Waals surface area contributed by atoms with E-state index in [4.69, 9.17) is 4.65 Å². The van der Waals surface area contributed by atoms with Crippen LogP contribution in [-0.4, -0.2) is 12.1 Å². The van der Waals surface area contributed by atoms with E-state index in [1.54, 1.807) is 0 Å². The Morgan fingerprint density at radius 2 is 1.32 bits per heavy atom. The van der Waals surface area contributed by atoms with Gasteiger partial charge in [-0.2, -0.15) is 4.39 Å². The summed E-state index contributed by atoms with van der Waals surface area (Å²) in [5.74, 6) is -19.0. The van der Waals surface area contributed by atoms with Gasteiger partial charge in [-0.3, -0.25) is 0 Å². The fourth-order valence-electron chi connectivity index (χ4n) is 4.34. The Hall–Kier alpha value is -3.41. The summed E-state index contributed by atoms with van der Waals surface area (Å²) in [6.45, 7) is 0. The van der Waals surface area contributed by atoms with Gasteiger partial charge < -0.3 is 9.68 Å². The first-order chi connectivity index (χ1) is 16.0. The molecule has 174 valence electrons. The molecule has 5 rings (SSSR count). The standard InChI is InChI=1S/C22H8BF9O2/c24-9-3-1-6-5-8-12(11(6)15(9)26)17(28)20(31)21(32)22(8)34-23(33)14-7-2-4-10(25)16(27)13(7)18(29)19(14)30/h1-4,14,33H,5H2. The summed E-state index contributed by atoms with van der Waals surface area (Å²) in [5.41, 5.74) is -3.84. The maximum absolute atomic E-state index is 14.6. The highest BCUT2D eigenvalue weighted by Crippen LogP contribution is 2.49. The van der Waals surface area contributed by atoms with Gasteiger partial charge in [0.05, 0.1) is 11.4 Å². The fraction of sp³-hybridized carbons (Fsp3) is 0.0909. The maximum Gasteiger partial charge on any atom is 0.537 e. The fourth-order valence-corrected chi connectivity index (χ4v) is 4.34. The summed E-state index contributed by atoms with van der Waals surface area (Å²) in [5, 5.41) is 10.4. The first-order valence-electron chi connectivity index (χ1n) is 9.59. The molecule has 1 atom stereocenters. The molecule has 3 aromatic rings. The minimum Gasteiger partial charge on any atom is -0.533 e. The number of rotatable bonds is 3. The van der Waals surface area contributed by atoms with Crippen LogP contribution in [0.25, 0.3) is 17.0 Å². The van der Waals surface area contributed by atoms with Crippen molar-refractivity contribution in [3.63, 3.8) is 0 Å². The molecule has 2 aliphatic carbocycles. The Labute approximate surface area is 185 Å². The number of halogens is 9. The highest BCUT2D eigenvalue weighted by molar-refractivity contribution is 6.47. The molecule has 3 aromatic carbocycles. The molecule has 2 nitrogen and oxygen atoms in total. The van der Waals surface area contributed by atoms with Crippen LogP contribution in [0, 0.1) is 40.7 Å². The smallest absolute Gasteiger partial charge is 0.533 e. The molecule has 0 saturated carbocycles. The number of fused-ring (bicyclic) bond motifs is 4. The molecule has 0 aliphatic heterocycles. The van der Waals surface area contributed by atoms with E-state index in [2.05, 4.69) is 0 Å². The molecule has 0 amide bonds. The van der Waals surface area contributed by atoms with Crippen LogP contribution in [0.1, 0.15) is 28.1 Å². The Balaban J connectivity index is 1.62. The van der Waals surface area contributed by atoms with Gasteiger partial charge in [-0.1, -0.05) is 12.1 Å². The van der Waals surface area contributed by atoms with Crippen molar-refractivity contribution in [1.29, 1.82) is 0 Å². The van der Waals surface area contributed by atoms with E-state index in [1.807, 2.05) is 0 Å². The van der Waals surface area contributed by atoms with Crippen LogP contribution in [0.15, 0.2) is 30.1 Å². The summed E-state index contributed by atoms with van der Waals surface area (Å²) in [4.78, 5) is 0. The van der Waals surface area contributed by atoms with Crippen molar-refractivity contribution in [2.45, 2.75) is 12.2 Å². The highest BCUT2D eigenvalue weighted by Gasteiger charge is 2.46. The van der Waals surface area contributed by atoms with Gasteiger partial charge in [-0.15, -0.1) is 0 Å². The van der Waals surface area contributed by atoms with E-state index in [9.17, 15) is 44.5 Å². The minimum absolute atomic E-state index is 0.0574. The Morgan fingerprint density at radius 3 is 2.00 bits per heavy atom. The lowest BCUT2D eigenvalue weighted by molar-refractivity contribution is 0.362. The van der Waals surface area contributed by atoms with E-state index in [1.165, 1.54) is 0 Å². The predicted octanol–water partition coefficient (Wildman–Crippen LogP) is 6.04. The summed E-state index contributed by atoms with van der Waals surface area (Å²) >= 11 is 0. The van der Waals surface area contributed by atoms with Crippen molar-refractivity contribution in [3.8, 4) is 16.9 Å². The third-order valence-corrected chi connectivity index (χ3v) is 5.87. The monoisotopic (exact) mass is 486 g/mol. The van der Waals surface area contributed by atoms with Crippen LogP contribution in [0.2, 0.25) is 0 Å². The maximum atomic E-state index is 14.6. The first kappa shape index (κ1) is 22.4. The number of hydrogen-bond acceptors (Lipinski definition) is 2. The third kappa shape index (κ3) is 2.90. The molecule has 0 saturated heterocycles. The second-order valence-corrected chi connectivity index (χ2v) is 7.67. The zero-order valence-electron chi connectivity index (χ0n) is 16.4. The lowest BCUT2D eigenvalue weighted by atomic mass is 9.69. The van der Waals surface area contributed by atoms with E-state index in [-0.39, 0.29) is 5.56 Å². The van der Waals surface area contributed by atoms with Crippen molar-refractivity contribution in [2.24, 2.45) is 0 Å². The Kier molecular flexibility index (Phi) is 4.98. The molecule has 1 N–H and O–H groups in total. The summed E-state index contributed by atoms with van der Waals surface area (Å²) in [7, 11) is -2.54. The molecule has 1 unspecified atom stereocenters. The molecule has 12 heteroatoms. The second kappa shape index (κ2) is 7.56. The van der Waals surface area contributed by atoms with Crippen LogP contribution >= 0.6 is 0 Å². The van der Waals surface area contributed by atoms with Gasteiger partial charge in [0, 0.05) is 23.1 Å². The summed E-state index contributed by atoms with van der Waals surface area (Å²) in [6, 6.07) is 3.05. The number of allylic oxidation sites excluding steroid dienone is 1. The highest BCUT2D eigenvalue weighted by atomic mass is 19.2. The third-order valence-electron chi connectivity index (χ3n) is 5.87. The van der Waals surface area contributed by atoms with Crippen LogP contribution in [0.4, 0.5) is 39.5 Å². The van der Waals surface area contributed by atoms with Gasteiger partial charge >= 0.3 is 7.12 Å². The SMILES string of the molecule is OB(Oc1c(F)c(F)c(F)c2c1Cc1ccc(F)c(F)c1-2)C1C(F)=C(F)c2c1ccc(F)c2F. The molecule has 0 heterocycles. The van der Waals surface area contributed by atoms with Crippen molar-refractivity contribution in [2.75, 3.05) is 0 Å². The molecule has 0 spiro atoms. The van der Waals surface area contributed by atoms with Crippen molar-refractivity contribution in [3.05, 3.63) is 93.1 Å². The van der Waals surface area contributed by atoms with Crippen LogP contribution in [-0.2, 0) is 6.42 Å². The van der Waals surface area contributed by atoms with Crippen molar-refractivity contribution in [1.82, 2.24) is 0 Å². The van der Waals surface area contributed by atoms with Gasteiger partial charge in [0.15, 0.2) is 40.7 Å². The topological polar surface area (TPSA) is 29.5 Å². The molecular formula is C22H8BF9O2. The van der Waals surface area contributed by atoms with E-state index >= 15 is 0 Å². The molecule has 2 aliphatic rings. The molecule has 34 heavy (non-hydrogen) atoms. The minimum atomic E-state index is -2.54. The van der Waals surface area contributed by atoms with Gasteiger partial charge in [-0.25, -0.2) is 35.1 Å². The zero-order chi connectivity index (χ0) is 24.6. The van der Waals surface area contributed by atoms with Crippen LogP contribution in [0.5, 0.6) is 5.75 Å². The number of hydrogen-bond donors (Lipinski definition) is 1. The Morgan fingerprint density at radius 1 is 0.706 bits per heavy atom. The van der Waals surface area contributed by atoms with Gasteiger partial charge in [-0.05, 0) is 23.3 Å². The lowest BCUT2D eigenvalue weighted by Gasteiger charge is -2.20. The lowest BCUT2D eigenvalue weighted by Crippen LogP contribution is -2.31. The van der Waals surface area contributed by atoms with Gasteiger partial charge in [0.1, 0.15) is 11.6 Å². The predicted molar refractivity (Wildman–Crippen MR) is 101 cm³/mol. The zero-order valence-corrected chi connectivity index (χ0v) is 16.4. The molecule has 0 radical (unpaired) electrons. The van der Waals surface area contributed by atoms with Crippen LogP contribution < -0.4 is 4.65 Å². The van der Waals surface area contributed by atoms with Crippen molar-refractivity contribution < 1.29 is 49.2 Å². The van der Waals surface area contributed by atoms with E-state index < -0.39 is 105 Å². The second-order valence-electron chi connectivity index (χ2n) is 7.67. The average Bonchev–Trinajstić information content (AvgIpc) is 3.31. The first-order valence-corrected chi connectivity index (χ1v) is 9.59. The van der Waals surface area contributed by atoms with Crippen LogP contribution in [0.3, 0.4) is 0 Å². The molecule has 0 aromatic heterocycles. The molecule has 0 fully saturated rings. The summed E-state index contributed by atoms with van der Waals surface area (Å²) in [6.07, 6.45) is -0.480. The number of benzene rings is 3. The van der Waals surface area contributed by atoms with E-state index in [0.717, 1.165) is 12.1 Å². The summed E-state index contributed by atoms with van der Waals surface area (Å²) < 4.78 is 133. The largest absolute Gasteiger partial charge is 0.537 e. The molecular weight excluding hydrogens is 478 g/mol. The van der Waals surface area contributed by atoms with Gasteiger partial charge in [0.25, 0.3) is 0 Å². The van der Waals surface area contributed by atoms with Crippen molar-refractivity contribution >= 4 is 12.9 Å².